The third-order valence-electron chi connectivity index (χ3n) is 2.13. The lowest BCUT2D eigenvalue weighted by Crippen LogP contribution is -1.99. The van der Waals surface area contributed by atoms with Gasteiger partial charge in [0.2, 0.25) is 0 Å². The minimum atomic E-state index is -0.296. The van der Waals surface area contributed by atoms with E-state index in [1.54, 1.807) is 0 Å². The van der Waals surface area contributed by atoms with Gasteiger partial charge < -0.3 is 4.42 Å². The fourth-order valence-corrected chi connectivity index (χ4v) is 1.92. The number of benzene rings is 1. The number of rotatable bonds is 1. The molecule has 14 heavy (non-hydrogen) atoms. The van der Waals surface area contributed by atoms with Crippen LogP contribution in [0.15, 0.2) is 33.5 Å². The van der Waals surface area contributed by atoms with E-state index in [2.05, 4.69) is 15.9 Å². The zero-order chi connectivity index (χ0) is 10.1. The number of alkyl halides is 1. The second-order valence-corrected chi connectivity index (χ2v) is 3.78. The molecule has 0 atom stereocenters. The first-order valence-corrected chi connectivity index (χ1v) is 5.42. The van der Waals surface area contributed by atoms with Crippen LogP contribution in [0.3, 0.4) is 0 Å². The highest BCUT2D eigenvalue weighted by atomic mass is 79.9. The van der Waals surface area contributed by atoms with E-state index in [9.17, 15) is 4.79 Å². The van der Waals surface area contributed by atoms with Crippen LogP contribution in [0.2, 0.25) is 0 Å². The molecular formula is C11H9BrO2. The maximum atomic E-state index is 11.2. The van der Waals surface area contributed by atoms with Gasteiger partial charge in [-0.2, -0.15) is 0 Å². The summed E-state index contributed by atoms with van der Waals surface area (Å²) in [5, 5.41) is 1.67. The Balaban J connectivity index is 2.88. The highest BCUT2D eigenvalue weighted by Gasteiger charge is 2.03. The van der Waals surface area contributed by atoms with Gasteiger partial charge in [-0.15, -0.1) is 0 Å². The summed E-state index contributed by atoms with van der Waals surface area (Å²) in [4.78, 5) is 11.2. The zero-order valence-electron chi connectivity index (χ0n) is 7.71. The largest absolute Gasteiger partial charge is 0.423 e. The van der Waals surface area contributed by atoms with Crippen LogP contribution in [0.4, 0.5) is 0 Å². The molecule has 0 saturated heterocycles. The summed E-state index contributed by atoms with van der Waals surface area (Å²) in [6.07, 6.45) is 0. The van der Waals surface area contributed by atoms with E-state index in [0.29, 0.717) is 10.9 Å². The van der Waals surface area contributed by atoms with Crippen LogP contribution in [0.5, 0.6) is 0 Å². The molecule has 1 heterocycles. The highest BCUT2D eigenvalue weighted by molar-refractivity contribution is 9.08. The molecule has 0 N–H and O–H groups in total. The predicted octanol–water partition coefficient (Wildman–Crippen LogP) is 3.00. The fraction of sp³-hybridized carbons (Fsp3) is 0.182. The van der Waals surface area contributed by atoms with Crippen molar-refractivity contribution in [2.45, 2.75) is 12.3 Å². The van der Waals surface area contributed by atoms with E-state index in [1.165, 1.54) is 6.07 Å². The summed E-state index contributed by atoms with van der Waals surface area (Å²) in [6, 6.07) is 7.31. The average molecular weight is 253 g/mol. The summed E-state index contributed by atoms with van der Waals surface area (Å²) >= 11 is 3.36. The van der Waals surface area contributed by atoms with Gasteiger partial charge in [0.05, 0.1) is 0 Å². The van der Waals surface area contributed by atoms with Gasteiger partial charge in [0.25, 0.3) is 0 Å². The van der Waals surface area contributed by atoms with Gasteiger partial charge in [-0.1, -0.05) is 27.6 Å². The summed E-state index contributed by atoms with van der Waals surface area (Å²) in [5.41, 5.74) is 2.49. The first kappa shape index (κ1) is 9.46. The Hall–Kier alpha value is -1.09. The van der Waals surface area contributed by atoms with E-state index < -0.39 is 0 Å². The third-order valence-corrected chi connectivity index (χ3v) is 2.73. The summed E-state index contributed by atoms with van der Waals surface area (Å²) < 4.78 is 5.08. The first-order chi connectivity index (χ1) is 6.70. The smallest absolute Gasteiger partial charge is 0.336 e. The topological polar surface area (TPSA) is 30.2 Å². The Bertz CT molecular complexity index is 528. The first-order valence-electron chi connectivity index (χ1n) is 4.30. The molecular weight excluding hydrogens is 244 g/mol. The highest BCUT2D eigenvalue weighted by Crippen LogP contribution is 2.20. The number of hydrogen-bond acceptors (Lipinski definition) is 2. The van der Waals surface area contributed by atoms with Crippen molar-refractivity contribution in [1.29, 1.82) is 0 Å². The zero-order valence-corrected chi connectivity index (χ0v) is 9.30. The number of halogens is 1. The molecule has 0 aliphatic heterocycles. The quantitative estimate of drug-likeness (QED) is 0.577. The molecule has 0 aliphatic rings. The molecule has 2 aromatic rings. The summed E-state index contributed by atoms with van der Waals surface area (Å²) in [7, 11) is 0. The Labute approximate surface area is 89.7 Å². The standard InChI is InChI=1S/C11H9BrO2/c1-7-2-3-10-9(4-7)8(6-12)5-11(13)14-10/h2-5H,6H2,1H3. The van der Waals surface area contributed by atoms with Gasteiger partial charge in [-0.25, -0.2) is 4.79 Å². The molecule has 0 bridgehead atoms. The lowest BCUT2D eigenvalue weighted by Gasteiger charge is -2.02. The molecule has 0 aliphatic carbocycles. The summed E-state index contributed by atoms with van der Waals surface area (Å²) in [6.45, 7) is 2.02. The summed E-state index contributed by atoms with van der Waals surface area (Å²) in [5.74, 6) is 0. The number of aryl methyl sites for hydroxylation is 1. The van der Waals surface area contributed by atoms with Crippen LogP contribution in [-0.4, -0.2) is 0 Å². The Morgan fingerprint density at radius 3 is 2.86 bits per heavy atom. The van der Waals surface area contributed by atoms with Gasteiger partial charge in [0.15, 0.2) is 0 Å². The molecule has 2 nitrogen and oxygen atoms in total. The molecule has 0 amide bonds. The van der Waals surface area contributed by atoms with Crippen molar-refractivity contribution in [3.63, 3.8) is 0 Å². The van der Waals surface area contributed by atoms with E-state index in [4.69, 9.17) is 4.42 Å². The second-order valence-electron chi connectivity index (χ2n) is 3.22. The van der Waals surface area contributed by atoms with Gasteiger partial charge >= 0.3 is 5.63 Å². The molecule has 1 aromatic heterocycles. The Morgan fingerprint density at radius 1 is 1.36 bits per heavy atom. The average Bonchev–Trinajstić information content (AvgIpc) is 2.17. The van der Waals surface area contributed by atoms with E-state index >= 15 is 0 Å². The van der Waals surface area contributed by atoms with Crippen molar-refractivity contribution in [1.82, 2.24) is 0 Å². The fourth-order valence-electron chi connectivity index (χ4n) is 1.45. The van der Waals surface area contributed by atoms with E-state index in [-0.39, 0.29) is 5.63 Å². The Morgan fingerprint density at radius 2 is 2.14 bits per heavy atom. The van der Waals surface area contributed by atoms with Gasteiger partial charge in [-0.05, 0) is 24.6 Å². The Kier molecular flexibility index (Phi) is 2.42. The molecule has 0 unspecified atom stereocenters. The molecule has 2 rings (SSSR count). The molecule has 0 saturated carbocycles. The predicted molar refractivity (Wildman–Crippen MR) is 59.9 cm³/mol. The van der Waals surface area contributed by atoms with Crippen LogP contribution < -0.4 is 5.63 Å². The number of hydrogen-bond donors (Lipinski definition) is 0. The molecule has 1 aromatic carbocycles. The third kappa shape index (κ3) is 1.60. The van der Waals surface area contributed by atoms with Crippen molar-refractivity contribution >= 4 is 26.9 Å². The minimum absolute atomic E-state index is 0.296. The van der Waals surface area contributed by atoms with Crippen LogP contribution in [0.25, 0.3) is 11.0 Å². The van der Waals surface area contributed by atoms with Crippen molar-refractivity contribution in [2.24, 2.45) is 0 Å². The normalized spacial score (nSPS) is 10.7. The van der Waals surface area contributed by atoms with Gasteiger partial charge in [0, 0.05) is 16.8 Å². The monoisotopic (exact) mass is 252 g/mol. The molecule has 72 valence electrons. The minimum Gasteiger partial charge on any atom is -0.423 e. The maximum absolute atomic E-state index is 11.2. The molecule has 3 heteroatoms. The van der Waals surface area contributed by atoms with Crippen molar-refractivity contribution in [3.05, 3.63) is 45.8 Å². The van der Waals surface area contributed by atoms with Crippen LogP contribution in [0.1, 0.15) is 11.1 Å². The van der Waals surface area contributed by atoms with Crippen molar-refractivity contribution in [2.75, 3.05) is 0 Å². The van der Waals surface area contributed by atoms with E-state index in [1.807, 2.05) is 25.1 Å². The van der Waals surface area contributed by atoms with Crippen LogP contribution >= 0.6 is 15.9 Å². The van der Waals surface area contributed by atoms with Crippen molar-refractivity contribution < 1.29 is 4.42 Å². The lowest BCUT2D eigenvalue weighted by atomic mass is 10.1. The molecule has 0 spiro atoms. The second kappa shape index (κ2) is 3.58. The molecule has 0 radical (unpaired) electrons. The molecule has 0 fully saturated rings. The van der Waals surface area contributed by atoms with Crippen molar-refractivity contribution in [3.8, 4) is 0 Å². The van der Waals surface area contributed by atoms with Crippen LogP contribution in [-0.2, 0) is 5.33 Å². The number of fused-ring (bicyclic) bond motifs is 1. The van der Waals surface area contributed by atoms with E-state index in [0.717, 1.165) is 16.5 Å². The maximum Gasteiger partial charge on any atom is 0.336 e. The lowest BCUT2D eigenvalue weighted by molar-refractivity contribution is 0.559. The van der Waals surface area contributed by atoms with Gasteiger partial charge in [-0.3, -0.25) is 0 Å². The SMILES string of the molecule is Cc1ccc2oc(=O)cc(CBr)c2c1. The van der Waals surface area contributed by atoms with Gasteiger partial charge in [0.1, 0.15) is 5.58 Å². The van der Waals surface area contributed by atoms with Crippen LogP contribution in [0, 0.1) is 6.92 Å².